The van der Waals surface area contributed by atoms with Crippen molar-refractivity contribution in [2.45, 2.75) is 58.2 Å². The summed E-state index contributed by atoms with van der Waals surface area (Å²) in [4.78, 5) is 41.1. The second-order valence-corrected chi connectivity index (χ2v) is 12.9. The van der Waals surface area contributed by atoms with E-state index >= 15 is 0 Å². The van der Waals surface area contributed by atoms with Crippen molar-refractivity contribution in [2.24, 2.45) is 0 Å². The number of aromatic nitrogens is 1. The van der Waals surface area contributed by atoms with Gasteiger partial charge in [-0.05, 0) is 53.5 Å². The molecule has 5 rings (SSSR count). The molecule has 0 aliphatic carbocycles. The van der Waals surface area contributed by atoms with Gasteiger partial charge in [0.25, 0.3) is 5.91 Å². The van der Waals surface area contributed by atoms with Crippen molar-refractivity contribution in [3.05, 3.63) is 89.1 Å². The molecule has 4 aromatic rings. The van der Waals surface area contributed by atoms with Crippen molar-refractivity contribution >= 4 is 18.0 Å². The van der Waals surface area contributed by atoms with Crippen LogP contribution in [0.4, 0.5) is 4.79 Å². The summed E-state index contributed by atoms with van der Waals surface area (Å²) in [6.45, 7) is 8.04. The Labute approximate surface area is 302 Å². The van der Waals surface area contributed by atoms with Gasteiger partial charge in [0.1, 0.15) is 24.1 Å². The molecule has 2 amide bonds. The van der Waals surface area contributed by atoms with E-state index < -0.39 is 24.0 Å². The Bertz CT molecular complexity index is 1800. The van der Waals surface area contributed by atoms with E-state index in [-0.39, 0.29) is 47.5 Å². The molecule has 1 aliphatic rings. The van der Waals surface area contributed by atoms with Crippen molar-refractivity contribution in [1.29, 1.82) is 0 Å². The number of carbonyl (C=O) groups is 3. The summed E-state index contributed by atoms with van der Waals surface area (Å²) in [5.74, 6) is -1.58. The van der Waals surface area contributed by atoms with Gasteiger partial charge in [0, 0.05) is 32.2 Å². The molecule has 13 heteroatoms. The average Bonchev–Trinajstić information content (AvgIpc) is 3.59. The van der Waals surface area contributed by atoms with E-state index in [1.165, 1.54) is 13.2 Å². The minimum Gasteiger partial charge on any atom is -0.508 e. The number of nitrogens with zero attached hydrogens (tertiary/aromatic N) is 2. The number of amides is 2. The average molecular weight is 715 g/mol. The van der Waals surface area contributed by atoms with Crippen LogP contribution in [0.1, 0.15) is 66.2 Å². The van der Waals surface area contributed by atoms with E-state index in [1.54, 1.807) is 6.07 Å². The molecule has 1 aliphatic heterocycles. The summed E-state index contributed by atoms with van der Waals surface area (Å²) < 4.78 is 21.5. The molecule has 0 radical (unpaired) electrons. The fraction of sp³-hybridized carbons (Fsp3) is 0.385. The molecule has 13 nitrogen and oxygen atoms in total. The smallest absolute Gasteiger partial charge is 0.407 e. The highest BCUT2D eigenvalue weighted by atomic mass is 16.5. The number of esters is 1. The largest absolute Gasteiger partial charge is 0.508 e. The third-order valence-corrected chi connectivity index (χ3v) is 8.86. The maximum atomic E-state index is 13.9. The lowest BCUT2D eigenvalue weighted by atomic mass is 9.93. The second kappa shape index (κ2) is 18.2. The fourth-order valence-corrected chi connectivity index (χ4v) is 5.99. The molecule has 1 atom stereocenters. The second-order valence-electron chi connectivity index (χ2n) is 12.9. The number of phenols is 2. The molecule has 0 bridgehead atoms. The number of unbranched alkanes of at least 4 members (excludes halogenated alkanes) is 1. The van der Waals surface area contributed by atoms with E-state index in [2.05, 4.69) is 20.7 Å². The number of rotatable bonds is 15. The van der Waals surface area contributed by atoms with Gasteiger partial charge >= 0.3 is 12.1 Å². The maximum absolute atomic E-state index is 13.9. The molecular weight excluding hydrogens is 668 g/mol. The highest BCUT2D eigenvalue weighted by Gasteiger charge is 2.30. The van der Waals surface area contributed by atoms with Crippen molar-refractivity contribution in [3.63, 3.8) is 0 Å². The predicted molar refractivity (Wildman–Crippen MR) is 193 cm³/mol. The van der Waals surface area contributed by atoms with Crippen LogP contribution in [0.25, 0.3) is 22.5 Å². The molecule has 276 valence electrons. The monoisotopic (exact) mass is 714 g/mol. The third-order valence-electron chi connectivity index (χ3n) is 8.86. The molecule has 0 saturated carbocycles. The Balaban J connectivity index is 1.32. The van der Waals surface area contributed by atoms with Crippen LogP contribution >= 0.6 is 0 Å². The molecule has 1 saturated heterocycles. The first kappa shape index (κ1) is 37.8. The highest BCUT2D eigenvalue weighted by molar-refractivity contribution is 6.04. The van der Waals surface area contributed by atoms with Crippen LogP contribution in [-0.4, -0.2) is 84.2 Å². The number of benzene rings is 3. The van der Waals surface area contributed by atoms with Crippen LogP contribution < -0.4 is 10.6 Å². The quantitative estimate of drug-likeness (QED) is 0.0874. The molecule has 0 spiro atoms. The molecule has 52 heavy (non-hydrogen) atoms. The van der Waals surface area contributed by atoms with Crippen LogP contribution in [0.2, 0.25) is 0 Å². The van der Waals surface area contributed by atoms with Crippen molar-refractivity contribution in [2.75, 3.05) is 40.0 Å². The zero-order valence-corrected chi connectivity index (χ0v) is 29.7. The first-order chi connectivity index (χ1) is 25.1. The number of hydrogen-bond donors (Lipinski definition) is 4. The SMILES string of the molecule is COC(=O)[C@H](CCCCNC(=O)OCc1ccccc1)NC(=O)c1noc(-c2cc(C(C)C)c(O)cc2O)c1-c1ccc(CN2CCOCC2)cc1. The molecule has 1 fully saturated rings. The first-order valence-electron chi connectivity index (χ1n) is 17.4. The van der Waals surface area contributed by atoms with Gasteiger partial charge in [-0.2, -0.15) is 0 Å². The number of hydrogen-bond acceptors (Lipinski definition) is 11. The topological polar surface area (TPSA) is 173 Å². The Morgan fingerprint density at radius 2 is 1.67 bits per heavy atom. The van der Waals surface area contributed by atoms with Gasteiger partial charge in [-0.15, -0.1) is 0 Å². The molecule has 2 heterocycles. The first-order valence-corrected chi connectivity index (χ1v) is 17.4. The van der Waals surface area contributed by atoms with Crippen LogP contribution in [0.15, 0.2) is 71.3 Å². The lowest BCUT2D eigenvalue weighted by Crippen LogP contribution is -2.42. The Kier molecular flexibility index (Phi) is 13.2. The van der Waals surface area contributed by atoms with E-state index in [4.69, 9.17) is 18.7 Å². The van der Waals surface area contributed by atoms with Gasteiger partial charge in [-0.1, -0.05) is 73.6 Å². The number of nitrogens with one attached hydrogen (secondary N) is 2. The zero-order chi connectivity index (χ0) is 37.0. The third kappa shape index (κ3) is 9.89. The van der Waals surface area contributed by atoms with Gasteiger partial charge < -0.3 is 39.6 Å². The lowest BCUT2D eigenvalue weighted by Gasteiger charge is -2.26. The summed E-state index contributed by atoms with van der Waals surface area (Å²) in [5, 5.41) is 31.0. The predicted octanol–water partition coefficient (Wildman–Crippen LogP) is 5.74. The Hall–Kier alpha value is -5.40. The van der Waals surface area contributed by atoms with Gasteiger partial charge in [-0.3, -0.25) is 9.69 Å². The van der Waals surface area contributed by atoms with Crippen molar-refractivity contribution in [3.8, 4) is 33.9 Å². The van der Waals surface area contributed by atoms with Gasteiger partial charge in [0.15, 0.2) is 11.5 Å². The minimum absolute atomic E-state index is 0.0667. The van der Waals surface area contributed by atoms with Crippen molar-refractivity contribution < 1.29 is 43.3 Å². The van der Waals surface area contributed by atoms with E-state index in [9.17, 15) is 24.6 Å². The van der Waals surface area contributed by atoms with Gasteiger partial charge in [0.2, 0.25) is 0 Å². The number of alkyl carbamates (subject to hydrolysis) is 1. The minimum atomic E-state index is -1.01. The number of carbonyl (C=O) groups excluding carboxylic acids is 3. The van der Waals surface area contributed by atoms with E-state index in [0.717, 1.165) is 30.8 Å². The maximum Gasteiger partial charge on any atom is 0.407 e. The van der Waals surface area contributed by atoms with Crippen LogP contribution in [0, 0.1) is 0 Å². The van der Waals surface area contributed by atoms with E-state index in [1.807, 2.05) is 68.4 Å². The Morgan fingerprint density at radius 3 is 2.37 bits per heavy atom. The summed E-state index contributed by atoms with van der Waals surface area (Å²) in [7, 11) is 1.24. The number of ether oxygens (including phenoxy) is 3. The van der Waals surface area contributed by atoms with Crippen LogP contribution in [0.5, 0.6) is 11.5 Å². The van der Waals surface area contributed by atoms with Crippen LogP contribution in [0.3, 0.4) is 0 Å². The van der Waals surface area contributed by atoms with Gasteiger partial charge in [-0.25, -0.2) is 9.59 Å². The normalized spacial score (nSPS) is 13.8. The molecule has 4 N–H and O–H groups in total. The zero-order valence-electron chi connectivity index (χ0n) is 29.7. The van der Waals surface area contributed by atoms with Gasteiger partial charge in [0.05, 0.1) is 31.5 Å². The Morgan fingerprint density at radius 1 is 0.942 bits per heavy atom. The number of morpholine rings is 1. The molecule has 0 unspecified atom stereocenters. The highest BCUT2D eigenvalue weighted by Crippen LogP contribution is 2.43. The number of aromatic hydroxyl groups is 2. The van der Waals surface area contributed by atoms with Crippen molar-refractivity contribution in [1.82, 2.24) is 20.7 Å². The van der Waals surface area contributed by atoms with Crippen LogP contribution in [-0.2, 0) is 32.2 Å². The number of phenolic OH excluding ortho intramolecular Hbond substituents is 2. The fourth-order valence-electron chi connectivity index (χ4n) is 5.99. The molecule has 3 aromatic carbocycles. The molecular formula is C39H46N4O9. The lowest BCUT2D eigenvalue weighted by molar-refractivity contribution is -0.143. The summed E-state index contributed by atoms with van der Waals surface area (Å²) in [6, 6.07) is 18.8. The summed E-state index contributed by atoms with van der Waals surface area (Å²) in [5.41, 5.74) is 3.59. The summed E-state index contributed by atoms with van der Waals surface area (Å²) in [6.07, 6.45) is 0.662. The standard InChI is InChI=1S/C39H46N4O9/c1-25(2)29-21-30(33(45)22-32(29)44)36-34(28-14-12-26(13-15-28)23-43-17-19-50-20-18-43)35(42-52-36)37(46)41-31(38(47)49-3)11-7-8-16-40-39(48)51-24-27-9-5-4-6-10-27/h4-6,9-10,12-15,21-22,25,31,44-45H,7-8,11,16-20,23-24H2,1-3H3,(H,40,48)(H,41,46)/t31-/m0/s1. The summed E-state index contributed by atoms with van der Waals surface area (Å²) >= 11 is 0. The molecule has 1 aromatic heterocycles. The number of methoxy groups -OCH3 is 1. The van der Waals surface area contributed by atoms with E-state index in [0.29, 0.717) is 49.3 Å².